The van der Waals surface area contributed by atoms with Crippen molar-refractivity contribution in [2.24, 2.45) is 11.8 Å². The van der Waals surface area contributed by atoms with Gasteiger partial charge in [-0.25, -0.2) is 0 Å². The van der Waals surface area contributed by atoms with Crippen LogP contribution in [0.25, 0.3) is 0 Å². The second-order valence-electron chi connectivity index (χ2n) is 5.53. The van der Waals surface area contributed by atoms with E-state index in [1.807, 2.05) is 18.3 Å². The fourth-order valence-corrected chi connectivity index (χ4v) is 2.61. The number of carbonyl (C=O) groups is 1. The van der Waals surface area contributed by atoms with Crippen LogP contribution in [0.4, 0.5) is 5.69 Å². The lowest BCUT2D eigenvalue weighted by molar-refractivity contribution is 0.101. The van der Waals surface area contributed by atoms with Gasteiger partial charge in [-0.15, -0.1) is 0 Å². The summed E-state index contributed by atoms with van der Waals surface area (Å²) in [6.07, 6.45) is 4.34. The van der Waals surface area contributed by atoms with Gasteiger partial charge in [0, 0.05) is 20.0 Å². The van der Waals surface area contributed by atoms with Crippen LogP contribution in [0.1, 0.15) is 44.1 Å². The zero-order valence-corrected chi connectivity index (χ0v) is 11.5. The first-order valence-corrected chi connectivity index (χ1v) is 6.80. The summed E-state index contributed by atoms with van der Waals surface area (Å²) in [7, 11) is 0. The quantitative estimate of drug-likeness (QED) is 0.768. The molecule has 0 saturated carbocycles. The molecule has 2 rings (SSSR count). The molecule has 0 N–H and O–H groups in total. The summed E-state index contributed by atoms with van der Waals surface area (Å²) in [4.78, 5) is 17.8. The molecular formula is C15H22N2O. The average molecular weight is 246 g/mol. The van der Waals surface area contributed by atoms with Gasteiger partial charge in [0.15, 0.2) is 5.78 Å². The lowest BCUT2D eigenvalue weighted by Crippen LogP contribution is -2.35. The highest BCUT2D eigenvalue weighted by atomic mass is 16.1. The molecule has 1 aromatic rings. The van der Waals surface area contributed by atoms with Crippen molar-refractivity contribution >= 4 is 11.5 Å². The number of carbonyl (C=O) groups excluding carboxylic acids is 1. The third kappa shape index (κ3) is 2.89. The Morgan fingerprint density at radius 3 is 2.44 bits per heavy atom. The van der Waals surface area contributed by atoms with Crippen molar-refractivity contribution in [1.29, 1.82) is 0 Å². The number of hydrogen-bond donors (Lipinski definition) is 0. The Labute approximate surface area is 109 Å². The molecule has 3 heteroatoms. The van der Waals surface area contributed by atoms with Gasteiger partial charge in [0.2, 0.25) is 0 Å². The van der Waals surface area contributed by atoms with Crippen molar-refractivity contribution in [3.63, 3.8) is 0 Å². The standard InChI is InChI=1S/C15H22N2O/c1-11(2)13-6-8-17(9-7-13)14-4-5-15(12(3)18)16-10-14/h4-5,10-11,13H,6-9H2,1-3H3. The largest absolute Gasteiger partial charge is 0.370 e. The first-order valence-electron chi connectivity index (χ1n) is 6.80. The normalized spacial score (nSPS) is 17.2. The molecular weight excluding hydrogens is 224 g/mol. The van der Waals surface area contributed by atoms with Crippen LogP contribution < -0.4 is 4.90 Å². The third-order valence-corrected chi connectivity index (χ3v) is 3.96. The Morgan fingerprint density at radius 1 is 1.33 bits per heavy atom. The van der Waals surface area contributed by atoms with E-state index in [0.717, 1.165) is 30.6 Å². The smallest absolute Gasteiger partial charge is 0.178 e. The number of aromatic nitrogens is 1. The maximum atomic E-state index is 11.2. The number of anilines is 1. The maximum absolute atomic E-state index is 11.2. The number of nitrogens with zero attached hydrogens (tertiary/aromatic N) is 2. The molecule has 0 aromatic carbocycles. The minimum Gasteiger partial charge on any atom is -0.370 e. The van der Waals surface area contributed by atoms with Gasteiger partial charge in [-0.2, -0.15) is 0 Å². The fourth-order valence-electron chi connectivity index (χ4n) is 2.61. The Balaban J connectivity index is 1.99. The van der Waals surface area contributed by atoms with Gasteiger partial charge in [-0.1, -0.05) is 13.8 Å². The highest BCUT2D eigenvalue weighted by Gasteiger charge is 2.21. The van der Waals surface area contributed by atoms with Gasteiger partial charge in [-0.3, -0.25) is 9.78 Å². The summed E-state index contributed by atoms with van der Waals surface area (Å²) in [5, 5.41) is 0. The van der Waals surface area contributed by atoms with Gasteiger partial charge < -0.3 is 4.90 Å². The summed E-state index contributed by atoms with van der Waals surface area (Å²) in [6, 6.07) is 3.84. The molecule has 0 atom stereocenters. The molecule has 1 aliphatic heterocycles. The average Bonchev–Trinajstić information content (AvgIpc) is 2.39. The Kier molecular flexibility index (Phi) is 4.00. The first-order chi connectivity index (χ1) is 8.58. The summed E-state index contributed by atoms with van der Waals surface area (Å²) in [5.41, 5.74) is 1.69. The van der Waals surface area contributed by atoms with E-state index in [0.29, 0.717) is 5.69 Å². The molecule has 1 aliphatic rings. The van der Waals surface area contributed by atoms with Crippen LogP contribution in [0, 0.1) is 11.8 Å². The van der Waals surface area contributed by atoms with E-state index in [-0.39, 0.29) is 5.78 Å². The van der Waals surface area contributed by atoms with Gasteiger partial charge in [0.25, 0.3) is 0 Å². The molecule has 2 heterocycles. The molecule has 0 bridgehead atoms. The Hall–Kier alpha value is -1.38. The highest BCUT2D eigenvalue weighted by Crippen LogP contribution is 2.27. The topological polar surface area (TPSA) is 33.2 Å². The predicted octanol–water partition coefficient (Wildman–Crippen LogP) is 3.16. The van der Waals surface area contributed by atoms with E-state index >= 15 is 0 Å². The van der Waals surface area contributed by atoms with Crippen molar-refractivity contribution < 1.29 is 4.79 Å². The molecule has 0 amide bonds. The van der Waals surface area contributed by atoms with Crippen molar-refractivity contribution in [2.45, 2.75) is 33.6 Å². The van der Waals surface area contributed by atoms with Crippen LogP contribution in [0.5, 0.6) is 0 Å². The molecule has 0 radical (unpaired) electrons. The minimum atomic E-state index is 0.0278. The molecule has 0 aliphatic carbocycles. The van der Waals surface area contributed by atoms with E-state index in [2.05, 4.69) is 23.7 Å². The SMILES string of the molecule is CC(=O)c1ccc(N2CCC(C(C)C)CC2)cn1. The summed E-state index contributed by atoms with van der Waals surface area (Å²) in [6.45, 7) is 8.37. The molecule has 1 saturated heterocycles. The lowest BCUT2D eigenvalue weighted by atomic mass is 9.86. The lowest BCUT2D eigenvalue weighted by Gasteiger charge is -2.35. The number of pyridine rings is 1. The number of piperidine rings is 1. The van der Waals surface area contributed by atoms with Crippen LogP contribution in [0.3, 0.4) is 0 Å². The zero-order valence-electron chi connectivity index (χ0n) is 11.5. The molecule has 98 valence electrons. The molecule has 1 fully saturated rings. The maximum Gasteiger partial charge on any atom is 0.178 e. The van der Waals surface area contributed by atoms with Gasteiger partial charge in [-0.05, 0) is 36.8 Å². The molecule has 3 nitrogen and oxygen atoms in total. The van der Waals surface area contributed by atoms with Crippen molar-refractivity contribution in [3.8, 4) is 0 Å². The zero-order chi connectivity index (χ0) is 13.1. The number of ketones is 1. The van der Waals surface area contributed by atoms with Crippen molar-refractivity contribution in [1.82, 2.24) is 4.98 Å². The third-order valence-electron chi connectivity index (χ3n) is 3.96. The van der Waals surface area contributed by atoms with E-state index in [4.69, 9.17) is 0 Å². The monoisotopic (exact) mass is 246 g/mol. The summed E-state index contributed by atoms with van der Waals surface area (Å²) >= 11 is 0. The van der Waals surface area contributed by atoms with E-state index < -0.39 is 0 Å². The van der Waals surface area contributed by atoms with Crippen LogP contribution >= 0.6 is 0 Å². The van der Waals surface area contributed by atoms with Crippen LogP contribution in [-0.4, -0.2) is 23.9 Å². The summed E-state index contributed by atoms with van der Waals surface area (Å²) in [5.74, 6) is 1.66. The van der Waals surface area contributed by atoms with E-state index in [1.54, 1.807) is 6.92 Å². The van der Waals surface area contributed by atoms with Crippen LogP contribution in [0.15, 0.2) is 18.3 Å². The Morgan fingerprint density at radius 2 is 2.00 bits per heavy atom. The highest BCUT2D eigenvalue weighted by molar-refractivity contribution is 5.92. The van der Waals surface area contributed by atoms with Gasteiger partial charge in [0.1, 0.15) is 5.69 Å². The van der Waals surface area contributed by atoms with Crippen LogP contribution in [-0.2, 0) is 0 Å². The molecule has 1 aromatic heterocycles. The van der Waals surface area contributed by atoms with E-state index in [9.17, 15) is 4.79 Å². The second kappa shape index (κ2) is 5.51. The van der Waals surface area contributed by atoms with Gasteiger partial charge in [0.05, 0.1) is 11.9 Å². The predicted molar refractivity (Wildman–Crippen MR) is 74.0 cm³/mol. The van der Waals surface area contributed by atoms with Crippen molar-refractivity contribution in [2.75, 3.05) is 18.0 Å². The molecule has 0 spiro atoms. The Bertz CT molecular complexity index is 403. The summed E-state index contributed by atoms with van der Waals surface area (Å²) < 4.78 is 0. The van der Waals surface area contributed by atoms with Gasteiger partial charge >= 0.3 is 0 Å². The second-order valence-corrected chi connectivity index (χ2v) is 5.53. The number of rotatable bonds is 3. The molecule has 0 unspecified atom stereocenters. The van der Waals surface area contributed by atoms with Crippen molar-refractivity contribution in [3.05, 3.63) is 24.0 Å². The van der Waals surface area contributed by atoms with E-state index in [1.165, 1.54) is 12.8 Å². The van der Waals surface area contributed by atoms with Crippen LogP contribution in [0.2, 0.25) is 0 Å². The minimum absolute atomic E-state index is 0.0278. The number of Topliss-reactive ketones (excluding diaryl/α,β-unsaturated/α-hetero) is 1. The fraction of sp³-hybridized carbons (Fsp3) is 0.600. The number of hydrogen-bond acceptors (Lipinski definition) is 3. The first kappa shape index (κ1) is 13.1. The molecule has 18 heavy (non-hydrogen) atoms.